The van der Waals surface area contributed by atoms with Crippen molar-refractivity contribution in [1.82, 2.24) is 0 Å². The van der Waals surface area contributed by atoms with Crippen molar-refractivity contribution in [2.75, 3.05) is 0 Å². The van der Waals surface area contributed by atoms with Gasteiger partial charge in [-0.3, -0.25) is 4.79 Å². The molecule has 1 amide bonds. The van der Waals surface area contributed by atoms with Crippen LogP contribution in [0.2, 0.25) is 0 Å². The van der Waals surface area contributed by atoms with Crippen molar-refractivity contribution in [3.63, 3.8) is 0 Å². The number of hydrogen-bond donors (Lipinski definition) is 1. The number of rotatable bonds is 3. The molecular weight excluding hydrogens is 233 g/mol. The fraction of sp³-hybridized carbons (Fsp3) is 0.125. The largest absolute Gasteiger partial charge is 1.00 e. The first-order valence-corrected chi connectivity index (χ1v) is 3.98. The molecule has 1 rings (SSSR count). The predicted octanol–water partition coefficient (Wildman–Crippen LogP) is -1.28. The van der Waals surface area contributed by atoms with E-state index in [0.29, 0.717) is 0 Å². The van der Waals surface area contributed by atoms with Crippen LogP contribution < -0.4 is 57.1 Å². The number of carbonyl (C=O) groups is 1. The van der Waals surface area contributed by atoms with E-state index in [1.165, 1.54) is 18.2 Å². The van der Waals surface area contributed by atoms with Crippen LogP contribution in [0.15, 0.2) is 24.3 Å². The van der Waals surface area contributed by atoms with Crippen LogP contribution in [0.25, 0.3) is 0 Å². The first-order valence-electron chi connectivity index (χ1n) is 3.98. The standard InChI is InChI=1S/C8H8BF3NO.K/c10-9(11,12)5-6-2-1-3-7(4-6)8(13)14;/h1-4H,5H2,(H2,13,14);/q-1;+1. The molecule has 1 aromatic carbocycles. The average Bonchev–Trinajstić information content (AvgIpc) is 2.01. The van der Waals surface area contributed by atoms with Gasteiger partial charge in [0.05, 0.1) is 0 Å². The third-order valence-corrected chi connectivity index (χ3v) is 1.68. The molecule has 0 saturated carbocycles. The first kappa shape index (κ1) is 15.2. The molecule has 2 nitrogen and oxygen atoms in total. The van der Waals surface area contributed by atoms with E-state index in [-0.39, 0.29) is 62.5 Å². The molecule has 7 heteroatoms. The second-order valence-electron chi connectivity index (χ2n) is 2.98. The minimum atomic E-state index is -4.87. The molecule has 2 N–H and O–H groups in total. The molecule has 15 heavy (non-hydrogen) atoms. The summed E-state index contributed by atoms with van der Waals surface area (Å²) in [6, 6.07) is 5.26. The summed E-state index contributed by atoms with van der Waals surface area (Å²) in [7, 11) is 0. The summed E-state index contributed by atoms with van der Waals surface area (Å²) in [5.74, 6) is -0.721. The Morgan fingerprint density at radius 1 is 1.33 bits per heavy atom. The van der Waals surface area contributed by atoms with Crippen LogP contribution in [0.4, 0.5) is 12.9 Å². The fourth-order valence-electron chi connectivity index (χ4n) is 1.12. The molecule has 0 aliphatic heterocycles. The summed E-state index contributed by atoms with van der Waals surface area (Å²) < 4.78 is 36.1. The quantitative estimate of drug-likeness (QED) is 0.658. The van der Waals surface area contributed by atoms with Gasteiger partial charge in [-0.2, -0.15) is 0 Å². The van der Waals surface area contributed by atoms with Crippen molar-refractivity contribution < 1.29 is 69.1 Å². The smallest absolute Gasteiger partial charge is 0.449 e. The Labute approximate surface area is 128 Å². The Kier molecular flexibility index (Phi) is 6.12. The maximum Gasteiger partial charge on any atom is 1.00 e. The van der Waals surface area contributed by atoms with Crippen molar-refractivity contribution in [2.24, 2.45) is 5.73 Å². The number of carbonyl (C=O) groups excluding carboxylic acids is 1. The second kappa shape index (κ2) is 6.05. The Morgan fingerprint density at radius 3 is 2.40 bits per heavy atom. The summed E-state index contributed by atoms with van der Waals surface area (Å²) in [6.07, 6.45) is -0.985. The molecule has 1 aromatic rings. The van der Waals surface area contributed by atoms with Crippen LogP contribution in [0.1, 0.15) is 15.9 Å². The number of benzene rings is 1. The summed E-state index contributed by atoms with van der Waals surface area (Å²) >= 11 is 0. The van der Waals surface area contributed by atoms with Crippen LogP contribution in [-0.4, -0.2) is 12.9 Å². The van der Waals surface area contributed by atoms with Gasteiger partial charge in [0.25, 0.3) is 0 Å². The molecule has 0 fully saturated rings. The van der Waals surface area contributed by atoms with E-state index in [1.54, 1.807) is 0 Å². The maximum absolute atomic E-state index is 12.0. The Morgan fingerprint density at radius 2 is 1.93 bits per heavy atom. The van der Waals surface area contributed by atoms with Crippen molar-refractivity contribution in [3.05, 3.63) is 35.4 Å². The molecule has 0 spiro atoms. The molecule has 0 aliphatic rings. The van der Waals surface area contributed by atoms with Crippen molar-refractivity contribution >= 4 is 12.9 Å². The predicted molar refractivity (Wildman–Crippen MR) is 47.7 cm³/mol. The molecule has 0 saturated heterocycles. The van der Waals surface area contributed by atoms with Gasteiger partial charge in [0.15, 0.2) is 0 Å². The van der Waals surface area contributed by atoms with Gasteiger partial charge in [-0.1, -0.05) is 24.0 Å². The first-order chi connectivity index (χ1) is 6.38. The Hall–Kier alpha value is 0.181. The molecule has 0 aliphatic carbocycles. The van der Waals surface area contributed by atoms with E-state index in [0.717, 1.165) is 6.07 Å². The van der Waals surface area contributed by atoms with E-state index in [1.807, 2.05) is 0 Å². The minimum absolute atomic E-state index is 0. The van der Waals surface area contributed by atoms with Crippen molar-refractivity contribution in [1.29, 1.82) is 0 Å². The molecule has 0 radical (unpaired) electrons. The molecule has 0 unspecified atom stereocenters. The number of halogens is 3. The normalized spacial score (nSPS) is 10.6. The number of nitrogens with two attached hydrogens (primary N) is 1. The van der Waals surface area contributed by atoms with E-state index < -0.39 is 19.2 Å². The Bertz CT molecular complexity index is 356. The van der Waals surface area contributed by atoms with Crippen LogP contribution in [0.3, 0.4) is 0 Å². The van der Waals surface area contributed by atoms with E-state index in [2.05, 4.69) is 0 Å². The maximum atomic E-state index is 12.0. The zero-order chi connectivity index (χ0) is 10.8. The van der Waals surface area contributed by atoms with Crippen LogP contribution in [0.5, 0.6) is 0 Å². The fourth-order valence-corrected chi connectivity index (χ4v) is 1.12. The van der Waals surface area contributed by atoms with Crippen LogP contribution >= 0.6 is 0 Å². The zero-order valence-electron chi connectivity index (χ0n) is 8.21. The Balaban J connectivity index is 0.00000196. The van der Waals surface area contributed by atoms with E-state index >= 15 is 0 Å². The zero-order valence-corrected chi connectivity index (χ0v) is 11.3. The number of amides is 1. The average molecular weight is 241 g/mol. The molecule has 0 atom stereocenters. The van der Waals surface area contributed by atoms with Crippen LogP contribution in [0, 0.1) is 0 Å². The van der Waals surface area contributed by atoms with Gasteiger partial charge >= 0.3 is 58.4 Å². The topological polar surface area (TPSA) is 43.1 Å². The summed E-state index contributed by atoms with van der Waals surface area (Å²) in [5, 5.41) is 0. The number of primary amides is 1. The van der Waals surface area contributed by atoms with Gasteiger partial charge in [0, 0.05) is 5.56 Å². The van der Waals surface area contributed by atoms with Gasteiger partial charge in [-0.15, -0.1) is 0 Å². The van der Waals surface area contributed by atoms with Crippen molar-refractivity contribution in [2.45, 2.75) is 6.32 Å². The second-order valence-corrected chi connectivity index (χ2v) is 2.98. The van der Waals surface area contributed by atoms with E-state index in [9.17, 15) is 17.7 Å². The third-order valence-electron chi connectivity index (χ3n) is 1.68. The van der Waals surface area contributed by atoms with Crippen LogP contribution in [-0.2, 0) is 6.32 Å². The SMILES string of the molecule is NC(=O)c1cccc(C[B-](F)(F)F)c1.[K+]. The summed E-state index contributed by atoms with van der Waals surface area (Å²) in [5.41, 5.74) is 5.09. The monoisotopic (exact) mass is 241 g/mol. The van der Waals surface area contributed by atoms with Gasteiger partial charge < -0.3 is 18.7 Å². The third kappa shape index (κ3) is 5.72. The van der Waals surface area contributed by atoms with Crippen molar-refractivity contribution in [3.8, 4) is 0 Å². The summed E-state index contributed by atoms with van der Waals surface area (Å²) in [6.45, 7) is -4.87. The molecule has 0 bridgehead atoms. The number of hydrogen-bond acceptors (Lipinski definition) is 1. The summed E-state index contributed by atoms with van der Waals surface area (Å²) in [4.78, 5) is 10.7. The van der Waals surface area contributed by atoms with E-state index in [4.69, 9.17) is 5.73 Å². The molecule has 76 valence electrons. The molecule has 0 heterocycles. The minimum Gasteiger partial charge on any atom is -0.449 e. The van der Waals surface area contributed by atoms with Gasteiger partial charge in [0.2, 0.25) is 5.91 Å². The molecule has 0 aromatic heterocycles. The van der Waals surface area contributed by atoms with Gasteiger partial charge in [-0.05, 0) is 12.1 Å². The van der Waals surface area contributed by atoms with Gasteiger partial charge in [0.1, 0.15) is 0 Å². The molecular formula is C8H8BF3KNO. The van der Waals surface area contributed by atoms with Gasteiger partial charge in [-0.25, -0.2) is 0 Å².